The summed E-state index contributed by atoms with van der Waals surface area (Å²) >= 11 is 0. The van der Waals surface area contributed by atoms with Crippen molar-refractivity contribution in [1.29, 1.82) is 0 Å². The summed E-state index contributed by atoms with van der Waals surface area (Å²) in [4.78, 5) is 14.2. The zero-order chi connectivity index (χ0) is 27.5. The largest absolute Gasteiger partial charge is 0.338 e. The van der Waals surface area contributed by atoms with Crippen molar-refractivity contribution in [3.05, 3.63) is 59.4 Å². The Kier molecular flexibility index (Phi) is 4.45. The molecule has 10 heteroatoms. The smallest absolute Gasteiger partial charge is 0.317 e. The first kappa shape index (κ1) is 17.0. The molecule has 0 bridgehead atoms. The molecule has 2 amide bonds. The SMILES string of the molecule is [2H]C([2H])([2H])C([2H])([2H])NC(=O)N1[C@@H]2C[C@@H]2[C@@H](NS(C)(=O)=O)[C@H]1Cc1cccc(-c2cc(F)cc(F)c2)c1F. The summed E-state index contributed by atoms with van der Waals surface area (Å²) in [5.74, 6) is -2.98. The van der Waals surface area contributed by atoms with Gasteiger partial charge >= 0.3 is 6.03 Å². The fourth-order valence-corrected chi connectivity index (χ4v) is 5.39. The lowest BCUT2D eigenvalue weighted by Crippen LogP contribution is -2.53. The maximum Gasteiger partial charge on any atom is 0.317 e. The molecule has 4 atom stereocenters. The van der Waals surface area contributed by atoms with E-state index in [0.29, 0.717) is 12.5 Å². The molecule has 2 aromatic carbocycles. The first-order valence-electron chi connectivity index (χ1n) is 12.3. The van der Waals surface area contributed by atoms with Crippen LogP contribution in [0.4, 0.5) is 18.0 Å². The zero-order valence-electron chi connectivity index (χ0n) is 21.9. The van der Waals surface area contributed by atoms with E-state index in [4.69, 9.17) is 6.85 Å². The third kappa shape index (κ3) is 4.47. The van der Waals surface area contributed by atoms with Crippen molar-refractivity contribution < 1.29 is 33.2 Å². The topological polar surface area (TPSA) is 78.5 Å². The number of rotatable bonds is 6. The van der Waals surface area contributed by atoms with Crippen LogP contribution in [-0.4, -0.2) is 50.2 Å². The van der Waals surface area contributed by atoms with E-state index in [0.717, 1.165) is 23.3 Å². The highest BCUT2D eigenvalue weighted by molar-refractivity contribution is 7.88. The van der Waals surface area contributed by atoms with Crippen LogP contribution in [0.1, 0.15) is 25.7 Å². The Bertz CT molecular complexity index is 1320. The number of benzene rings is 2. The Morgan fingerprint density at radius 3 is 2.62 bits per heavy atom. The molecule has 0 unspecified atom stereocenters. The Labute approximate surface area is 191 Å². The number of likely N-dealkylation sites (tertiary alicyclic amines) is 1. The van der Waals surface area contributed by atoms with E-state index in [1.54, 1.807) is 0 Å². The number of carbonyl (C=O) groups is 1. The molecule has 1 aliphatic carbocycles. The minimum absolute atomic E-state index is 0.0189. The van der Waals surface area contributed by atoms with Gasteiger partial charge in [0.1, 0.15) is 17.5 Å². The summed E-state index contributed by atoms with van der Waals surface area (Å²) in [6.45, 7) is -6.25. The molecule has 2 aromatic rings. The van der Waals surface area contributed by atoms with Gasteiger partial charge in [0.2, 0.25) is 10.0 Å². The molecular weight excluding hydrogens is 443 g/mol. The van der Waals surface area contributed by atoms with Gasteiger partial charge in [-0.1, -0.05) is 18.2 Å². The summed E-state index contributed by atoms with van der Waals surface area (Å²) in [6, 6.07) is 3.28. The number of nitrogens with one attached hydrogen (secondary N) is 2. The van der Waals surface area contributed by atoms with E-state index in [1.165, 1.54) is 18.2 Å². The lowest BCUT2D eigenvalue weighted by Gasteiger charge is -2.32. The molecule has 0 spiro atoms. The number of hydrogen-bond acceptors (Lipinski definition) is 3. The molecule has 32 heavy (non-hydrogen) atoms. The van der Waals surface area contributed by atoms with Crippen LogP contribution in [-0.2, 0) is 16.4 Å². The summed E-state index contributed by atoms with van der Waals surface area (Å²) in [6.07, 6.45) is 1.08. The molecule has 0 radical (unpaired) electrons. The van der Waals surface area contributed by atoms with E-state index in [-0.39, 0.29) is 29.0 Å². The number of amides is 2. The second-order valence-electron chi connectivity index (χ2n) is 8.05. The van der Waals surface area contributed by atoms with Crippen LogP contribution in [0.15, 0.2) is 36.4 Å². The average molecular weight is 473 g/mol. The number of piperidine rings is 1. The van der Waals surface area contributed by atoms with Crippen molar-refractivity contribution >= 4 is 16.1 Å². The molecule has 4 rings (SSSR count). The lowest BCUT2D eigenvalue weighted by atomic mass is 9.94. The normalized spacial score (nSPS) is 27.5. The summed E-state index contributed by atoms with van der Waals surface area (Å²) in [5.41, 5.74) is -0.149. The van der Waals surface area contributed by atoms with E-state index < -0.39 is 65.0 Å². The Morgan fingerprint density at radius 2 is 1.97 bits per heavy atom. The predicted molar refractivity (Wildman–Crippen MR) is 114 cm³/mol. The minimum Gasteiger partial charge on any atom is -0.338 e. The first-order valence-corrected chi connectivity index (χ1v) is 11.7. The number of nitrogens with zero attached hydrogens (tertiary/aromatic N) is 1. The number of halogens is 3. The van der Waals surface area contributed by atoms with E-state index in [2.05, 4.69) is 4.72 Å². The molecule has 2 aliphatic rings. The van der Waals surface area contributed by atoms with Gasteiger partial charge in [0.15, 0.2) is 0 Å². The van der Waals surface area contributed by atoms with Crippen molar-refractivity contribution in [2.75, 3.05) is 12.8 Å². The predicted octanol–water partition coefficient (Wildman–Crippen LogP) is 3.03. The molecule has 1 aliphatic heterocycles. The van der Waals surface area contributed by atoms with Gasteiger partial charge in [-0.15, -0.1) is 0 Å². The third-order valence-corrected chi connectivity index (χ3v) is 6.53. The Morgan fingerprint density at radius 1 is 1.25 bits per heavy atom. The maximum absolute atomic E-state index is 15.6. The van der Waals surface area contributed by atoms with Crippen LogP contribution in [0.2, 0.25) is 0 Å². The van der Waals surface area contributed by atoms with Crippen molar-refractivity contribution in [1.82, 2.24) is 14.9 Å². The van der Waals surface area contributed by atoms with Gasteiger partial charge in [-0.25, -0.2) is 31.1 Å². The van der Waals surface area contributed by atoms with Crippen LogP contribution in [0.5, 0.6) is 0 Å². The highest BCUT2D eigenvalue weighted by atomic mass is 32.2. The van der Waals surface area contributed by atoms with Gasteiger partial charge in [-0.2, -0.15) is 0 Å². The summed E-state index contributed by atoms with van der Waals surface area (Å²) < 4.78 is 107. The van der Waals surface area contributed by atoms with Crippen molar-refractivity contribution in [3.8, 4) is 11.1 Å². The van der Waals surface area contributed by atoms with Gasteiger partial charge in [-0.3, -0.25) is 0 Å². The van der Waals surface area contributed by atoms with Crippen LogP contribution in [0.3, 0.4) is 0 Å². The fraction of sp³-hybridized carbons (Fsp3) is 0.409. The molecule has 172 valence electrons. The second-order valence-corrected chi connectivity index (χ2v) is 9.83. The number of fused-ring (bicyclic) bond motifs is 1. The molecule has 2 N–H and O–H groups in total. The number of urea groups is 1. The first-order chi connectivity index (χ1) is 17.0. The van der Waals surface area contributed by atoms with Crippen LogP contribution in [0, 0.1) is 23.4 Å². The quantitative estimate of drug-likeness (QED) is 0.679. The number of sulfonamides is 1. The molecule has 0 aromatic heterocycles. The van der Waals surface area contributed by atoms with E-state index in [1.807, 2.05) is 5.32 Å². The Balaban J connectivity index is 1.69. The zero-order valence-corrected chi connectivity index (χ0v) is 17.7. The highest BCUT2D eigenvalue weighted by Gasteiger charge is 2.60. The minimum atomic E-state index is -3.77. The molecule has 1 heterocycles. The van der Waals surface area contributed by atoms with Gasteiger partial charge in [0, 0.05) is 37.1 Å². The average Bonchev–Trinajstić information content (AvgIpc) is 3.45. The molecular formula is C22H24F3N3O3S. The van der Waals surface area contributed by atoms with Crippen LogP contribution >= 0.6 is 0 Å². The Hall–Kier alpha value is -2.59. The molecule has 1 saturated carbocycles. The van der Waals surface area contributed by atoms with Gasteiger partial charge < -0.3 is 10.2 Å². The molecule has 1 saturated heterocycles. The standard InChI is InChI=1S/C22H24F3N3O3S/c1-3-26-22(29)28-18-11-17(18)21(27-32(2,30)31)19(28)9-12-5-4-6-16(20(12)25)13-7-14(23)10-15(24)8-13/h4-8,10,17-19,21,27H,3,9,11H2,1-2H3,(H,26,29)/t17-,18+,19+,21+/m0/s1/i1D3,3D2. The van der Waals surface area contributed by atoms with Gasteiger partial charge in [0.05, 0.1) is 12.3 Å². The monoisotopic (exact) mass is 472 g/mol. The maximum atomic E-state index is 15.6. The van der Waals surface area contributed by atoms with E-state index >= 15 is 4.39 Å². The second kappa shape index (κ2) is 8.40. The van der Waals surface area contributed by atoms with Crippen LogP contribution < -0.4 is 10.0 Å². The highest BCUT2D eigenvalue weighted by Crippen LogP contribution is 2.49. The van der Waals surface area contributed by atoms with Gasteiger partial charge in [-0.05, 0) is 48.9 Å². The number of carbonyl (C=O) groups excluding carboxylic acids is 1. The van der Waals surface area contributed by atoms with Crippen molar-refractivity contribution in [2.45, 2.75) is 37.8 Å². The van der Waals surface area contributed by atoms with Crippen LogP contribution in [0.25, 0.3) is 11.1 Å². The molecule has 6 nitrogen and oxygen atoms in total. The summed E-state index contributed by atoms with van der Waals surface area (Å²) in [7, 11) is -3.77. The van der Waals surface area contributed by atoms with Gasteiger partial charge in [0.25, 0.3) is 0 Å². The van der Waals surface area contributed by atoms with Crippen molar-refractivity contribution in [3.63, 3.8) is 0 Å². The number of hydrogen-bond donors (Lipinski definition) is 2. The summed E-state index contributed by atoms with van der Waals surface area (Å²) in [5, 5.41) is 1.86. The molecule has 2 fully saturated rings. The lowest BCUT2D eigenvalue weighted by molar-refractivity contribution is 0.176. The van der Waals surface area contributed by atoms with Crippen molar-refractivity contribution in [2.24, 2.45) is 5.92 Å². The van der Waals surface area contributed by atoms with E-state index in [9.17, 15) is 22.0 Å². The third-order valence-electron chi connectivity index (χ3n) is 5.83. The fourth-order valence-electron chi connectivity index (χ4n) is 4.56.